The number of aromatic carboxylic acids is 1. The first kappa shape index (κ1) is 10.6. The van der Waals surface area contributed by atoms with Gasteiger partial charge < -0.3 is 10.4 Å². The second kappa shape index (κ2) is 4.19. The number of carboxylic acid groups (broad SMARTS) is 1. The summed E-state index contributed by atoms with van der Waals surface area (Å²) in [4.78, 5) is 10.7. The number of anilines is 1. The lowest BCUT2D eigenvalue weighted by atomic mass is 10.3. The number of aromatic amines is 1. The van der Waals surface area contributed by atoms with Crippen molar-refractivity contribution in [3.05, 3.63) is 16.3 Å². The van der Waals surface area contributed by atoms with Crippen LogP contribution in [-0.4, -0.2) is 27.3 Å². The second-order valence-corrected chi connectivity index (χ2v) is 3.51. The fourth-order valence-electron chi connectivity index (χ4n) is 0.934. The summed E-state index contributed by atoms with van der Waals surface area (Å²) in [5.74, 6) is -0.577. The topological polar surface area (TPSA) is 78.0 Å². The van der Waals surface area contributed by atoms with E-state index in [1.165, 1.54) is 6.07 Å². The number of rotatable bonds is 3. The first-order valence-electron chi connectivity index (χ1n) is 4.10. The average Bonchev–Trinajstić information content (AvgIpc) is 2.07. The third-order valence-electron chi connectivity index (χ3n) is 1.47. The Morgan fingerprint density at radius 3 is 2.86 bits per heavy atom. The van der Waals surface area contributed by atoms with Gasteiger partial charge in [-0.2, -0.15) is 5.10 Å². The highest BCUT2D eigenvalue weighted by atomic mass is 32.1. The SMILES string of the molecule is CC(C)Nc1cc(C(=O)O)c(=S)[nH]n1. The van der Waals surface area contributed by atoms with Crippen LogP contribution in [0.2, 0.25) is 0 Å². The van der Waals surface area contributed by atoms with Gasteiger partial charge in [0.2, 0.25) is 0 Å². The van der Waals surface area contributed by atoms with E-state index in [0.717, 1.165) is 0 Å². The fraction of sp³-hybridized carbons (Fsp3) is 0.375. The lowest BCUT2D eigenvalue weighted by Crippen LogP contribution is -2.13. The monoisotopic (exact) mass is 213 g/mol. The van der Waals surface area contributed by atoms with Crippen LogP contribution in [0.3, 0.4) is 0 Å². The Kier molecular flexibility index (Phi) is 3.19. The van der Waals surface area contributed by atoms with E-state index in [9.17, 15) is 4.79 Å². The maximum absolute atomic E-state index is 10.7. The van der Waals surface area contributed by atoms with E-state index in [1.807, 2.05) is 13.8 Å². The van der Waals surface area contributed by atoms with E-state index in [-0.39, 0.29) is 16.2 Å². The molecule has 0 bridgehead atoms. The van der Waals surface area contributed by atoms with E-state index in [4.69, 9.17) is 17.3 Å². The number of hydrogen-bond donors (Lipinski definition) is 3. The van der Waals surface area contributed by atoms with Gasteiger partial charge in [-0.1, -0.05) is 12.2 Å². The normalized spacial score (nSPS) is 10.2. The van der Waals surface area contributed by atoms with Crippen LogP contribution in [0.15, 0.2) is 6.07 Å². The Bertz CT molecular complexity index is 400. The van der Waals surface area contributed by atoms with Gasteiger partial charge in [0.15, 0.2) is 0 Å². The van der Waals surface area contributed by atoms with Crippen LogP contribution in [0.1, 0.15) is 24.2 Å². The molecule has 0 atom stereocenters. The summed E-state index contributed by atoms with van der Waals surface area (Å²) < 4.78 is 0.131. The number of carboxylic acids is 1. The fourth-order valence-corrected chi connectivity index (χ4v) is 1.13. The Hall–Kier alpha value is -1.43. The van der Waals surface area contributed by atoms with Gasteiger partial charge >= 0.3 is 5.97 Å². The third kappa shape index (κ3) is 2.53. The number of nitrogens with zero attached hydrogens (tertiary/aromatic N) is 1. The van der Waals surface area contributed by atoms with Gasteiger partial charge in [0.1, 0.15) is 10.5 Å². The van der Waals surface area contributed by atoms with Crippen LogP contribution >= 0.6 is 12.2 Å². The van der Waals surface area contributed by atoms with Gasteiger partial charge in [-0.15, -0.1) is 0 Å². The zero-order valence-electron chi connectivity index (χ0n) is 7.87. The molecule has 3 N–H and O–H groups in total. The lowest BCUT2D eigenvalue weighted by molar-refractivity contribution is 0.0695. The summed E-state index contributed by atoms with van der Waals surface area (Å²) in [5.41, 5.74) is 0.0538. The molecule has 0 saturated heterocycles. The molecule has 1 aromatic rings. The third-order valence-corrected chi connectivity index (χ3v) is 1.78. The maximum atomic E-state index is 10.7. The minimum absolute atomic E-state index is 0.0538. The lowest BCUT2D eigenvalue weighted by Gasteiger charge is -2.08. The highest BCUT2D eigenvalue weighted by Crippen LogP contribution is 2.07. The van der Waals surface area contributed by atoms with Gasteiger partial charge in [-0.3, -0.25) is 5.10 Å². The zero-order chi connectivity index (χ0) is 10.7. The Morgan fingerprint density at radius 1 is 1.71 bits per heavy atom. The van der Waals surface area contributed by atoms with Crippen molar-refractivity contribution in [3.8, 4) is 0 Å². The van der Waals surface area contributed by atoms with Crippen LogP contribution in [0.25, 0.3) is 0 Å². The molecule has 0 aliphatic rings. The number of H-pyrrole nitrogens is 1. The van der Waals surface area contributed by atoms with Gasteiger partial charge in [0.25, 0.3) is 0 Å². The van der Waals surface area contributed by atoms with Crippen molar-refractivity contribution < 1.29 is 9.90 Å². The van der Waals surface area contributed by atoms with E-state index in [1.54, 1.807) is 0 Å². The first-order chi connectivity index (χ1) is 6.50. The summed E-state index contributed by atoms with van der Waals surface area (Å²) in [6, 6.07) is 1.61. The summed E-state index contributed by atoms with van der Waals surface area (Å²) in [6.45, 7) is 3.87. The van der Waals surface area contributed by atoms with Crippen molar-refractivity contribution in [2.45, 2.75) is 19.9 Å². The summed E-state index contributed by atoms with van der Waals surface area (Å²) >= 11 is 4.77. The molecule has 0 saturated carbocycles. The molecule has 1 aromatic heterocycles. The predicted octanol–water partition coefficient (Wildman–Crippen LogP) is 1.66. The van der Waals surface area contributed by atoms with Crippen LogP contribution in [0, 0.1) is 4.64 Å². The van der Waals surface area contributed by atoms with Gasteiger partial charge in [-0.25, -0.2) is 4.79 Å². The molecule has 0 amide bonds. The van der Waals surface area contributed by atoms with Crippen LogP contribution in [-0.2, 0) is 0 Å². The Balaban J connectivity index is 3.07. The number of hydrogen-bond acceptors (Lipinski definition) is 4. The molecule has 0 aliphatic heterocycles. The molecular weight excluding hydrogens is 202 g/mol. The van der Waals surface area contributed by atoms with Crippen LogP contribution in [0.5, 0.6) is 0 Å². The molecule has 14 heavy (non-hydrogen) atoms. The molecule has 1 rings (SSSR count). The van der Waals surface area contributed by atoms with E-state index in [2.05, 4.69) is 15.5 Å². The molecule has 76 valence electrons. The molecule has 0 radical (unpaired) electrons. The van der Waals surface area contributed by atoms with Crippen molar-refractivity contribution >= 4 is 24.0 Å². The molecule has 0 spiro atoms. The summed E-state index contributed by atoms with van der Waals surface area (Å²) in [5, 5.41) is 18.1. The highest BCUT2D eigenvalue weighted by Gasteiger charge is 2.07. The number of carbonyl (C=O) groups is 1. The molecule has 5 nitrogen and oxygen atoms in total. The summed E-state index contributed by atoms with van der Waals surface area (Å²) in [7, 11) is 0. The van der Waals surface area contributed by atoms with E-state index >= 15 is 0 Å². The molecule has 1 heterocycles. The second-order valence-electron chi connectivity index (χ2n) is 3.10. The molecule has 0 aromatic carbocycles. The molecule has 6 heteroatoms. The van der Waals surface area contributed by atoms with Crippen LogP contribution < -0.4 is 5.32 Å². The largest absolute Gasteiger partial charge is 0.478 e. The first-order valence-corrected chi connectivity index (χ1v) is 4.51. The van der Waals surface area contributed by atoms with Crippen molar-refractivity contribution in [1.29, 1.82) is 0 Å². The van der Waals surface area contributed by atoms with Crippen molar-refractivity contribution in [2.75, 3.05) is 5.32 Å². The zero-order valence-corrected chi connectivity index (χ0v) is 8.68. The quantitative estimate of drug-likeness (QED) is 0.665. The predicted molar refractivity (Wildman–Crippen MR) is 55.1 cm³/mol. The van der Waals surface area contributed by atoms with Gasteiger partial charge in [0, 0.05) is 6.04 Å². The Labute approximate surface area is 86.2 Å². The van der Waals surface area contributed by atoms with E-state index in [0.29, 0.717) is 5.82 Å². The maximum Gasteiger partial charge on any atom is 0.338 e. The summed E-state index contributed by atoms with van der Waals surface area (Å²) in [6.07, 6.45) is 0. The van der Waals surface area contributed by atoms with Crippen molar-refractivity contribution in [1.82, 2.24) is 10.2 Å². The Morgan fingerprint density at radius 2 is 2.36 bits per heavy atom. The minimum Gasteiger partial charge on any atom is -0.478 e. The highest BCUT2D eigenvalue weighted by molar-refractivity contribution is 7.71. The average molecular weight is 213 g/mol. The number of nitrogens with one attached hydrogen (secondary N) is 2. The molecule has 0 fully saturated rings. The minimum atomic E-state index is -1.06. The van der Waals surface area contributed by atoms with Crippen molar-refractivity contribution in [2.24, 2.45) is 0 Å². The van der Waals surface area contributed by atoms with Crippen molar-refractivity contribution in [3.63, 3.8) is 0 Å². The molecular formula is C8H11N3O2S. The molecule has 0 aliphatic carbocycles. The van der Waals surface area contributed by atoms with E-state index < -0.39 is 5.97 Å². The molecule has 0 unspecified atom stereocenters. The number of aromatic nitrogens is 2. The van der Waals surface area contributed by atoms with Crippen LogP contribution in [0.4, 0.5) is 5.82 Å². The van der Waals surface area contributed by atoms with Gasteiger partial charge in [0.05, 0.1) is 5.56 Å². The standard InChI is InChI=1S/C8H11N3O2S/c1-4(2)9-6-3-5(8(12)13)7(14)11-10-6/h3-4H,1-2H3,(H,9,10)(H,11,14)(H,12,13). The van der Waals surface area contributed by atoms with Gasteiger partial charge in [-0.05, 0) is 19.9 Å². The smallest absolute Gasteiger partial charge is 0.338 e.